The number of carbonyl (C=O) groups excluding carboxylic acids is 1. The molecule has 1 aromatic carbocycles. The van der Waals surface area contributed by atoms with E-state index in [-0.39, 0.29) is 5.97 Å². The molecule has 2 N–H and O–H groups in total. The minimum atomic E-state index is -0.422. The lowest BCUT2D eigenvalue weighted by molar-refractivity contribution is -0.147. The Morgan fingerprint density at radius 1 is 1.40 bits per heavy atom. The van der Waals surface area contributed by atoms with Crippen molar-refractivity contribution >= 4 is 5.97 Å². The molecule has 0 amide bonds. The first-order valence-electron chi connectivity index (χ1n) is 5.23. The Morgan fingerprint density at radius 3 is 2.67 bits per heavy atom. The third-order valence-corrected chi connectivity index (χ3v) is 2.63. The Bertz CT molecular complexity index is 333. The van der Waals surface area contributed by atoms with Gasteiger partial charge in [-0.15, -0.1) is 0 Å². The molecule has 80 valence electrons. The second-order valence-corrected chi connectivity index (χ2v) is 3.96. The van der Waals surface area contributed by atoms with Crippen molar-refractivity contribution in [3.05, 3.63) is 35.9 Å². The fourth-order valence-corrected chi connectivity index (χ4v) is 1.47. The highest BCUT2D eigenvalue weighted by Crippen LogP contribution is 2.32. The molecule has 15 heavy (non-hydrogen) atoms. The minimum absolute atomic E-state index is 0.277. The highest BCUT2D eigenvalue weighted by atomic mass is 16.5. The molecule has 1 aliphatic carbocycles. The summed E-state index contributed by atoms with van der Waals surface area (Å²) in [7, 11) is 0. The Morgan fingerprint density at radius 2 is 2.07 bits per heavy atom. The highest BCUT2D eigenvalue weighted by molar-refractivity contribution is 5.76. The summed E-state index contributed by atoms with van der Waals surface area (Å²) in [4.78, 5) is 11.5. The summed E-state index contributed by atoms with van der Waals surface area (Å²) in [6.45, 7) is 0.320. The fourth-order valence-electron chi connectivity index (χ4n) is 1.47. The molecule has 1 atom stereocenters. The van der Waals surface area contributed by atoms with Crippen molar-refractivity contribution in [2.45, 2.75) is 25.5 Å². The van der Waals surface area contributed by atoms with E-state index in [9.17, 15) is 4.79 Å². The smallest absolute Gasteiger partial charge is 0.323 e. The van der Waals surface area contributed by atoms with Crippen LogP contribution in [0.4, 0.5) is 0 Å². The summed E-state index contributed by atoms with van der Waals surface area (Å²) in [5.74, 6) is 0.0784. The summed E-state index contributed by atoms with van der Waals surface area (Å²) in [5.41, 5.74) is 6.71. The summed E-state index contributed by atoms with van der Waals surface area (Å²) in [5, 5.41) is 0. The zero-order valence-electron chi connectivity index (χ0n) is 8.56. The van der Waals surface area contributed by atoms with Crippen molar-refractivity contribution in [3.63, 3.8) is 0 Å². The van der Waals surface area contributed by atoms with E-state index in [1.54, 1.807) is 0 Å². The standard InChI is InChI=1S/C12H15NO2/c13-11(10-6-7-10)12(14)15-8-9-4-2-1-3-5-9/h1-5,10-11H,6-8,13H2. The molecule has 1 aromatic rings. The van der Waals surface area contributed by atoms with E-state index in [1.807, 2.05) is 30.3 Å². The van der Waals surface area contributed by atoms with Crippen molar-refractivity contribution in [1.82, 2.24) is 0 Å². The largest absolute Gasteiger partial charge is 0.460 e. The third-order valence-electron chi connectivity index (χ3n) is 2.63. The average Bonchev–Trinajstić information content (AvgIpc) is 3.10. The van der Waals surface area contributed by atoms with E-state index in [4.69, 9.17) is 10.5 Å². The fraction of sp³-hybridized carbons (Fsp3) is 0.417. The first-order chi connectivity index (χ1) is 7.27. The molecule has 0 aliphatic heterocycles. The molecule has 1 saturated carbocycles. The van der Waals surface area contributed by atoms with E-state index in [0.29, 0.717) is 12.5 Å². The maximum absolute atomic E-state index is 11.5. The minimum Gasteiger partial charge on any atom is -0.460 e. The molecule has 1 aliphatic rings. The second kappa shape index (κ2) is 4.45. The lowest BCUT2D eigenvalue weighted by atomic mass is 10.2. The number of ether oxygens (including phenoxy) is 1. The number of hydrogen-bond acceptors (Lipinski definition) is 3. The monoisotopic (exact) mass is 205 g/mol. The second-order valence-electron chi connectivity index (χ2n) is 3.96. The molecule has 1 fully saturated rings. The highest BCUT2D eigenvalue weighted by Gasteiger charge is 2.34. The van der Waals surface area contributed by atoms with Gasteiger partial charge < -0.3 is 10.5 Å². The number of esters is 1. The van der Waals surface area contributed by atoms with Crippen molar-refractivity contribution in [2.75, 3.05) is 0 Å². The van der Waals surface area contributed by atoms with Crippen molar-refractivity contribution < 1.29 is 9.53 Å². The number of hydrogen-bond donors (Lipinski definition) is 1. The van der Waals surface area contributed by atoms with Crippen molar-refractivity contribution in [3.8, 4) is 0 Å². The quantitative estimate of drug-likeness (QED) is 0.757. The molecule has 3 heteroatoms. The lowest BCUT2D eigenvalue weighted by Gasteiger charge is -2.10. The van der Waals surface area contributed by atoms with Gasteiger partial charge in [-0.1, -0.05) is 30.3 Å². The average molecular weight is 205 g/mol. The van der Waals surface area contributed by atoms with E-state index in [2.05, 4.69) is 0 Å². The molecule has 0 spiro atoms. The summed E-state index contributed by atoms with van der Waals surface area (Å²) in [6, 6.07) is 9.20. The van der Waals surface area contributed by atoms with Crippen LogP contribution >= 0.6 is 0 Å². The molecule has 0 aromatic heterocycles. The summed E-state index contributed by atoms with van der Waals surface area (Å²) < 4.78 is 5.13. The van der Waals surface area contributed by atoms with Crippen LogP contribution < -0.4 is 5.73 Å². The predicted molar refractivity (Wildman–Crippen MR) is 56.9 cm³/mol. The van der Waals surface area contributed by atoms with Crippen LogP contribution in [0.15, 0.2) is 30.3 Å². The maximum Gasteiger partial charge on any atom is 0.323 e. The molecule has 2 rings (SSSR count). The van der Waals surface area contributed by atoms with Gasteiger partial charge in [-0.25, -0.2) is 0 Å². The van der Waals surface area contributed by atoms with Crippen LogP contribution in [-0.4, -0.2) is 12.0 Å². The Labute approximate surface area is 89.2 Å². The van der Waals surface area contributed by atoms with E-state index >= 15 is 0 Å². The molecule has 1 unspecified atom stereocenters. The van der Waals surface area contributed by atoms with E-state index in [1.165, 1.54) is 0 Å². The molecular formula is C12H15NO2. The first-order valence-corrected chi connectivity index (χ1v) is 5.23. The molecule has 0 radical (unpaired) electrons. The normalized spacial score (nSPS) is 17.1. The van der Waals surface area contributed by atoms with Crippen LogP contribution in [-0.2, 0) is 16.1 Å². The molecule has 0 saturated heterocycles. The van der Waals surface area contributed by atoms with Gasteiger partial charge in [-0.3, -0.25) is 4.79 Å². The summed E-state index contributed by atoms with van der Waals surface area (Å²) in [6.07, 6.45) is 2.11. The third kappa shape index (κ3) is 2.80. The van der Waals surface area contributed by atoms with Crippen LogP contribution in [0.1, 0.15) is 18.4 Å². The van der Waals surface area contributed by atoms with Gasteiger partial charge in [0.25, 0.3) is 0 Å². The van der Waals surface area contributed by atoms with Crippen LogP contribution in [0.25, 0.3) is 0 Å². The van der Waals surface area contributed by atoms with Crippen LogP contribution in [0, 0.1) is 5.92 Å². The molecular weight excluding hydrogens is 190 g/mol. The SMILES string of the molecule is NC(C(=O)OCc1ccccc1)C1CC1. The van der Waals surface area contributed by atoms with E-state index < -0.39 is 6.04 Å². The number of nitrogens with two attached hydrogens (primary N) is 1. The maximum atomic E-state index is 11.5. The Kier molecular flexibility index (Phi) is 3.02. The number of rotatable bonds is 4. The zero-order valence-corrected chi connectivity index (χ0v) is 8.56. The van der Waals surface area contributed by atoms with Gasteiger partial charge in [0.2, 0.25) is 0 Å². The van der Waals surface area contributed by atoms with Crippen LogP contribution in [0.2, 0.25) is 0 Å². The van der Waals surface area contributed by atoms with Crippen LogP contribution in [0.3, 0.4) is 0 Å². The predicted octanol–water partition coefficient (Wildman–Crippen LogP) is 1.47. The number of carbonyl (C=O) groups is 1. The van der Waals surface area contributed by atoms with Gasteiger partial charge in [0.15, 0.2) is 0 Å². The first kappa shape index (κ1) is 10.2. The molecule has 0 bridgehead atoms. The van der Waals surface area contributed by atoms with Gasteiger partial charge in [-0.05, 0) is 24.3 Å². The van der Waals surface area contributed by atoms with Crippen molar-refractivity contribution in [2.24, 2.45) is 11.7 Å². The van der Waals surface area contributed by atoms with Gasteiger partial charge >= 0.3 is 5.97 Å². The lowest BCUT2D eigenvalue weighted by Crippen LogP contribution is -2.34. The van der Waals surface area contributed by atoms with Crippen molar-refractivity contribution in [1.29, 1.82) is 0 Å². The zero-order chi connectivity index (χ0) is 10.7. The van der Waals surface area contributed by atoms with Gasteiger partial charge in [-0.2, -0.15) is 0 Å². The van der Waals surface area contributed by atoms with Gasteiger partial charge in [0.05, 0.1) is 0 Å². The Hall–Kier alpha value is -1.35. The van der Waals surface area contributed by atoms with Gasteiger partial charge in [0, 0.05) is 0 Å². The number of benzene rings is 1. The Balaban J connectivity index is 1.80. The summed E-state index contributed by atoms with van der Waals surface area (Å²) >= 11 is 0. The van der Waals surface area contributed by atoms with E-state index in [0.717, 1.165) is 18.4 Å². The molecule has 0 heterocycles. The topological polar surface area (TPSA) is 52.3 Å². The van der Waals surface area contributed by atoms with Crippen LogP contribution in [0.5, 0.6) is 0 Å². The molecule has 3 nitrogen and oxygen atoms in total. The van der Waals surface area contributed by atoms with Gasteiger partial charge in [0.1, 0.15) is 12.6 Å².